The monoisotopic (exact) mass is 255 g/mol. The highest BCUT2D eigenvalue weighted by molar-refractivity contribution is 6.30. The first-order chi connectivity index (χ1) is 8.04. The van der Waals surface area contributed by atoms with E-state index >= 15 is 0 Å². The van der Waals surface area contributed by atoms with Crippen LogP contribution in [0.25, 0.3) is 0 Å². The molecule has 96 valence electrons. The molecule has 0 radical (unpaired) electrons. The summed E-state index contributed by atoms with van der Waals surface area (Å²) < 4.78 is 0. The zero-order valence-corrected chi connectivity index (χ0v) is 11.6. The number of nitrogens with two attached hydrogens (primary N) is 1. The number of rotatable bonds is 6. The van der Waals surface area contributed by atoms with Gasteiger partial charge in [-0.1, -0.05) is 25.4 Å². The van der Waals surface area contributed by atoms with Crippen LogP contribution in [0.15, 0.2) is 12.3 Å². The standard InChI is InChI=1S/C13H22ClN3/c1-4-5-16-10(3)6-9(2)12-7-11(14)8-17-13(12)15/h7-10,16H,4-6H2,1-3H3,(H2,15,17). The van der Waals surface area contributed by atoms with Crippen molar-refractivity contribution in [2.45, 2.75) is 45.6 Å². The predicted molar refractivity (Wildman–Crippen MR) is 74.4 cm³/mol. The largest absolute Gasteiger partial charge is 0.383 e. The Morgan fingerprint density at radius 1 is 1.47 bits per heavy atom. The van der Waals surface area contributed by atoms with Gasteiger partial charge in [0.05, 0.1) is 5.02 Å². The van der Waals surface area contributed by atoms with Gasteiger partial charge in [-0.3, -0.25) is 0 Å². The Morgan fingerprint density at radius 3 is 2.82 bits per heavy atom. The van der Waals surface area contributed by atoms with Crippen LogP contribution in [0, 0.1) is 0 Å². The molecule has 0 aliphatic rings. The molecule has 3 N–H and O–H groups in total. The predicted octanol–water partition coefficient (Wildman–Crippen LogP) is 3.20. The molecule has 1 aromatic rings. The summed E-state index contributed by atoms with van der Waals surface area (Å²) in [6.07, 6.45) is 3.78. The molecule has 0 aromatic carbocycles. The third-order valence-corrected chi connectivity index (χ3v) is 3.10. The van der Waals surface area contributed by atoms with Gasteiger partial charge < -0.3 is 11.1 Å². The van der Waals surface area contributed by atoms with Crippen LogP contribution >= 0.6 is 11.6 Å². The van der Waals surface area contributed by atoms with Crippen molar-refractivity contribution in [3.05, 3.63) is 22.8 Å². The van der Waals surface area contributed by atoms with Crippen LogP contribution in [0.2, 0.25) is 5.02 Å². The minimum atomic E-state index is 0.362. The van der Waals surface area contributed by atoms with Crippen LogP contribution in [0.4, 0.5) is 5.82 Å². The lowest BCUT2D eigenvalue weighted by atomic mass is 9.95. The number of nitrogens with zero attached hydrogens (tertiary/aromatic N) is 1. The Kier molecular flexibility index (Phi) is 5.72. The van der Waals surface area contributed by atoms with Crippen LogP contribution in [-0.4, -0.2) is 17.6 Å². The van der Waals surface area contributed by atoms with Crippen molar-refractivity contribution >= 4 is 17.4 Å². The molecule has 1 aromatic heterocycles. The van der Waals surface area contributed by atoms with E-state index in [1.54, 1.807) is 6.20 Å². The minimum Gasteiger partial charge on any atom is -0.383 e. The highest BCUT2D eigenvalue weighted by Gasteiger charge is 2.14. The second-order valence-corrected chi connectivity index (χ2v) is 5.06. The molecule has 0 aliphatic carbocycles. The van der Waals surface area contributed by atoms with Crippen molar-refractivity contribution < 1.29 is 0 Å². The number of hydrogen-bond acceptors (Lipinski definition) is 3. The first-order valence-corrected chi connectivity index (χ1v) is 6.56. The number of nitrogens with one attached hydrogen (secondary N) is 1. The fourth-order valence-corrected chi connectivity index (χ4v) is 2.16. The summed E-state index contributed by atoms with van der Waals surface area (Å²) in [6.45, 7) is 7.58. The molecule has 4 heteroatoms. The van der Waals surface area contributed by atoms with Crippen LogP contribution in [0.3, 0.4) is 0 Å². The Labute approximate surface area is 109 Å². The van der Waals surface area contributed by atoms with Crippen LogP contribution < -0.4 is 11.1 Å². The molecule has 0 saturated carbocycles. The second kappa shape index (κ2) is 6.82. The minimum absolute atomic E-state index is 0.362. The number of hydrogen-bond donors (Lipinski definition) is 2. The number of aromatic nitrogens is 1. The number of anilines is 1. The van der Waals surface area contributed by atoms with Gasteiger partial charge in [0.2, 0.25) is 0 Å². The van der Waals surface area contributed by atoms with E-state index in [1.807, 2.05) is 6.07 Å². The van der Waals surface area contributed by atoms with Gasteiger partial charge in [0.1, 0.15) is 5.82 Å². The van der Waals surface area contributed by atoms with E-state index in [2.05, 4.69) is 31.1 Å². The Hall–Kier alpha value is -0.800. The summed E-state index contributed by atoms with van der Waals surface area (Å²) in [6, 6.07) is 2.39. The highest BCUT2D eigenvalue weighted by Crippen LogP contribution is 2.26. The van der Waals surface area contributed by atoms with Crippen LogP contribution in [-0.2, 0) is 0 Å². The summed E-state index contributed by atoms with van der Waals surface area (Å²) in [4.78, 5) is 4.09. The summed E-state index contributed by atoms with van der Waals surface area (Å²) >= 11 is 5.95. The lowest BCUT2D eigenvalue weighted by molar-refractivity contribution is 0.479. The summed E-state index contributed by atoms with van der Waals surface area (Å²) in [5.74, 6) is 0.949. The Balaban J connectivity index is 2.62. The maximum Gasteiger partial charge on any atom is 0.126 e. The second-order valence-electron chi connectivity index (χ2n) is 4.62. The molecule has 1 rings (SSSR count). The maximum atomic E-state index is 5.95. The zero-order valence-electron chi connectivity index (χ0n) is 10.8. The average molecular weight is 256 g/mol. The van der Waals surface area contributed by atoms with E-state index < -0.39 is 0 Å². The van der Waals surface area contributed by atoms with Gasteiger partial charge in [-0.25, -0.2) is 4.98 Å². The Bertz CT molecular complexity index is 355. The van der Waals surface area contributed by atoms with Gasteiger partial charge in [-0.2, -0.15) is 0 Å². The van der Waals surface area contributed by atoms with Crippen molar-refractivity contribution in [2.75, 3.05) is 12.3 Å². The van der Waals surface area contributed by atoms with Crippen molar-refractivity contribution in [3.63, 3.8) is 0 Å². The molecule has 2 unspecified atom stereocenters. The Morgan fingerprint density at radius 2 is 2.18 bits per heavy atom. The molecule has 3 nitrogen and oxygen atoms in total. The van der Waals surface area contributed by atoms with Gasteiger partial charge in [0, 0.05) is 12.2 Å². The molecule has 1 heterocycles. The smallest absolute Gasteiger partial charge is 0.126 e. The van der Waals surface area contributed by atoms with Gasteiger partial charge >= 0.3 is 0 Å². The number of pyridine rings is 1. The van der Waals surface area contributed by atoms with Crippen molar-refractivity contribution in [3.8, 4) is 0 Å². The quantitative estimate of drug-likeness (QED) is 0.821. The van der Waals surface area contributed by atoms with Crippen LogP contribution in [0.1, 0.15) is 45.1 Å². The van der Waals surface area contributed by atoms with Crippen molar-refractivity contribution in [1.82, 2.24) is 10.3 Å². The molecule has 0 aliphatic heterocycles. The van der Waals surface area contributed by atoms with Gasteiger partial charge in [0.15, 0.2) is 0 Å². The number of halogens is 1. The summed E-state index contributed by atoms with van der Waals surface area (Å²) in [7, 11) is 0. The molecule has 0 spiro atoms. The van der Waals surface area contributed by atoms with Crippen molar-refractivity contribution in [2.24, 2.45) is 0 Å². The fraction of sp³-hybridized carbons (Fsp3) is 0.615. The van der Waals surface area contributed by atoms with Gasteiger partial charge in [-0.05, 0) is 43.9 Å². The topological polar surface area (TPSA) is 50.9 Å². The SMILES string of the molecule is CCCNC(C)CC(C)c1cc(Cl)cnc1N. The van der Waals surface area contributed by atoms with Crippen LogP contribution in [0.5, 0.6) is 0 Å². The third kappa shape index (κ3) is 4.52. The molecular weight excluding hydrogens is 234 g/mol. The third-order valence-electron chi connectivity index (χ3n) is 2.90. The van der Waals surface area contributed by atoms with Crippen molar-refractivity contribution in [1.29, 1.82) is 0 Å². The normalized spacial score (nSPS) is 14.6. The molecule has 2 atom stereocenters. The highest BCUT2D eigenvalue weighted by atomic mass is 35.5. The van der Waals surface area contributed by atoms with E-state index in [1.165, 1.54) is 0 Å². The molecule has 0 amide bonds. The van der Waals surface area contributed by atoms with E-state index in [0.29, 0.717) is 22.8 Å². The van der Waals surface area contributed by atoms with Gasteiger partial charge in [0.25, 0.3) is 0 Å². The van der Waals surface area contributed by atoms with E-state index in [-0.39, 0.29) is 0 Å². The number of nitrogen functional groups attached to an aromatic ring is 1. The first kappa shape index (κ1) is 14.3. The summed E-state index contributed by atoms with van der Waals surface area (Å²) in [5.41, 5.74) is 6.92. The lowest BCUT2D eigenvalue weighted by Gasteiger charge is -2.19. The lowest BCUT2D eigenvalue weighted by Crippen LogP contribution is -2.28. The first-order valence-electron chi connectivity index (χ1n) is 6.18. The molecule has 17 heavy (non-hydrogen) atoms. The molecule has 0 fully saturated rings. The van der Waals surface area contributed by atoms with E-state index in [4.69, 9.17) is 17.3 Å². The van der Waals surface area contributed by atoms with Gasteiger partial charge in [-0.15, -0.1) is 0 Å². The summed E-state index contributed by atoms with van der Waals surface area (Å²) in [5, 5.41) is 4.12. The van der Waals surface area contributed by atoms with E-state index in [9.17, 15) is 0 Å². The zero-order chi connectivity index (χ0) is 12.8. The molecular formula is C13H22ClN3. The van der Waals surface area contributed by atoms with E-state index in [0.717, 1.165) is 24.9 Å². The maximum absolute atomic E-state index is 5.95. The molecule has 0 saturated heterocycles. The molecule has 0 bridgehead atoms. The average Bonchev–Trinajstić information content (AvgIpc) is 2.29. The fourth-order valence-electron chi connectivity index (χ4n) is 1.99.